The monoisotopic (exact) mass is 565 g/mol. The van der Waals surface area contributed by atoms with Crippen molar-refractivity contribution >= 4 is 11.8 Å². The maximum Gasteiger partial charge on any atom is 0.417 e. The van der Waals surface area contributed by atoms with E-state index >= 15 is 0 Å². The predicted molar refractivity (Wildman–Crippen MR) is 142 cm³/mol. The van der Waals surface area contributed by atoms with E-state index in [1.165, 1.54) is 0 Å². The lowest BCUT2D eigenvalue weighted by atomic mass is 9.78. The van der Waals surface area contributed by atoms with Crippen molar-refractivity contribution in [3.8, 4) is 0 Å². The highest BCUT2D eigenvalue weighted by Crippen LogP contribution is 2.54. The number of ether oxygens (including phenoxy) is 2. The van der Waals surface area contributed by atoms with Crippen molar-refractivity contribution in [3.05, 3.63) is 29.1 Å². The number of alkyl halides is 3. The van der Waals surface area contributed by atoms with E-state index in [4.69, 9.17) is 9.47 Å². The minimum Gasteiger partial charge on any atom is -0.379 e. The number of hydrogen-bond acceptors (Lipinski definition) is 5. The molecule has 1 aromatic rings. The van der Waals surface area contributed by atoms with E-state index in [0.29, 0.717) is 81.1 Å². The van der Waals surface area contributed by atoms with E-state index < -0.39 is 17.2 Å². The van der Waals surface area contributed by atoms with Gasteiger partial charge in [-0.15, -0.1) is 0 Å². The highest BCUT2D eigenvalue weighted by molar-refractivity contribution is 5.86. The number of carbonyl (C=O) groups is 2. The van der Waals surface area contributed by atoms with Crippen LogP contribution in [0.4, 0.5) is 13.2 Å². The normalized spacial score (nSPS) is 30.5. The molecule has 0 bridgehead atoms. The molecule has 0 spiro atoms. The van der Waals surface area contributed by atoms with E-state index in [-0.39, 0.29) is 30.4 Å². The molecule has 1 saturated carbocycles. The third kappa shape index (κ3) is 5.89. The largest absolute Gasteiger partial charge is 0.417 e. The molecule has 0 N–H and O–H groups in total. The number of carbonyl (C=O) groups excluding carboxylic acids is 2. The van der Waals surface area contributed by atoms with E-state index in [1.807, 2.05) is 4.90 Å². The molecule has 4 heterocycles. The molecule has 40 heavy (non-hydrogen) atoms. The Balaban J connectivity index is 1.36. The van der Waals surface area contributed by atoms with E-state index in [9.17, 15) is 22.8 Å². The predicted octanol–water partition coefficient (Wildman–Crippen LogP) is 4.72. The summed E-state index contributed by atoms with van der Waals surface area (Å²) in [7, 11) is 1.72. The second-order valence-corrected chi connectivity index (χ2v) is 12.8. The molecule has 2 saturated heterocycles. The van der Waals surface area contributed by atoms with Gasteiger partial charge in [-0.3, -0.25) is 14.6 Å². The van der Waals surface area contributed by atoms with Gasteiger partial charge in [0.05, 0.1) is 23.7 Å². The van der Waals surface area contributed by atoms with E-state index in [1.54, 1.807) is 12.0 Å². The average Bonchev–Trinajstić information content (AvgIpc) is 3.45. The summed E-state index contributed by atoms with van der Waals surface area (Å²) in [4.78, 5) is 35.2. The van der Waals surface area contributed by atoms with E-state index in [0.717, 1.165) is 37.9 Å². The number of amides is 2. The van der Waals surface area contributed by atoms with Gasteiger partial charge in [-0.1, -0.05) is 13.8 Å². The summed E-state index contributed by atoms with van der Waals surface area (Å²) >= 11 is 0. The Kier molecular flexibility index (Phi) is 8.49. The zero-order valence-corrected chi connectivity index (χ0v) is 23.8. The van der Waals surface area contributed by atoms with Crippen LogP contribution in [0, 0.1) is 29.1 Å². The van der Waals surface area contributed by atoms with Crippen molar-refractivity contribution in [2.45, 2.75) is 77.6 Å². The first-order valence-corrected chi connectivity index (χ1v) is 14.7. The molecule has 3 fully saturated rings. The molecule has 5 rings (SSSR count). The molecular formula is C30H42F3N3O4. The Morgan fingerprint density at radius 3 is 2.80 bits per heavy atom. The van der Waals surface area contributed by atoms with Crippen molar-refractivity contribution in [2.75, 3.05) is 40.0 Å². The smallest absolute Gasteiger partial charge is 0.379 e. The topological polar surface area (TPSA) is 72.0 Å². The van der Waals surface area contributed by atoms with Crippen molar-refractivity contribution in [1.29, 1.82) is 0 Å². The molecule has 2 unspecified atom stereocenters. The van der Waals surface area contributed by atoms with Crippen molar-refractivity contribution in [3.63, 3.8) is 0 Å². The molecule has 4 aliphatic rings. The highest BCUT2D eigenvalue weighted by atomic mass is 19.4. The fraction of sp³-hybridized carbons (Fsp3) is 0.767. The van der Waals surface area contributed by atoms with Crippen LogP contribution >= 0.6 is 0 Å². The van der Waals surface area contributed by atoms with E-state index in [2.05, 4.69) is 18.8 Å². The quantitative estimate of drug-likeness (QED) is 0.479. The molecule has 0 radical (unpaired) electrons. The SMILES string of the molecule is COC1COCCC1C[C@@H]1C[C@H]2CN(C(=O)CCC(C)C)C[C@@]2(C(=O)N2CCc3ncc(C(F)(F)F)cc3C2)C1. The molecule has 2 amide bonds. The third-order valence-corrected chi connectivity index (χ3v) is 9.71. The zero-order valence-electron chi connectivity index (χ0n) is 23.8. The lowest BCUT2D eigenvalue weighted by Gasteiger charge is -2.37. The summed E-state index contributed by atoms with van der Waals surface area (Å²) in [6, 6.07) is 1.14. The maximum atomic E-state index is 14.4. The number of rotatable bonds is 7. The van der Waals surface area contributed by atoms with Crippen LogP contribution in [0.15, 0.2) is 12.3 Å². The molecular weight excluding hydrogens is 523 g/mol. The molecule has 7 nitrogen and oxygen atoms in total. The molecule has 1 aliphatic carbocycles. The standard InChI is InChI=1S/C30H42F3N3O4/c1-19(2)4-5-27(37)36-16-24-11-20(10-21-7-9-40-17-26(21)39-3)13-29(24,18-36)28(38)35-8-6-25-22(15-35)12-23(14-34-25)30(31,32)33/h12,14,19-21,24,26H,4-11,13,15-18H2,1-3H3/t20-,21?,24+,26?,29+/m1/s1. The van der Waals surface area contributed by atoms with Gasteiger partial charge in [0.1, 0.15) is 0 Å². The summed E-state index contributed by atoms with van der Waals surface area (Å²) in [5.41, 5.74) is -0.398. The number of pyridine rings is 1. The van der Waals surface area contributed by atoms with Gasteiger partial charge < -0.3 is 19.3 Å². The number of aromatic nitrogens is 1. The van der Waals surface area contributed by atoms with Gasteiger partial charge in [0.15, 0.2) is 0 Å². The third-order valence-electron chi connectivity index (χ3n) is 9.71. The van der Waals surface area contributed by atoms with Crippen LogP contribution in [-0.2, 0) is 38.2 Å². The number of hydrogen-bond donors (Lipinski definition) is 0. The lowest BCUT2D eigenvalue weighted by Crippen LogP contribution is -2.49. The molecule has 5 atom stereocenters. The van der Waals surface area contributed by atoms with Crippen molar-refractivity contribution in [1.82, 2.24) is 14.8 Å². The average molecular weight is 566 g/mol. The van der Waals surface area contributed by atoms with Crippen LogP contribution in [0.25, 0.3) is 0 Å². The van der Waals surface area contributed by atoms with Gasteiger partial charge >= 0.3 is 6.18 Å². The van der Waals surface area contributed by atoms with Crippen LogP contribution < -0.4 is 0 Å². The van der Waals surface area contributed by atoms with Gasteiger partial charge in [-0.05, 0) is 67.4 Å². The Morgan fingerprint density at radius 2 is 2.08 bits per heavy atom. The number of nitrogens with zero attached hydrogens (tertiary/aromatic N) is 3. The Morgan fingerprint density at radius 1 is 1.27 bits per heavy atom. The molecule has 10 heteroatoms. The van der Waals surface area contributed by atoms with Crippen LogP contribution in [0.3, 0.4) is 0 Å². The Labute approximate surface area is 234 Å². The molecule has 1 aromatic heterocycles. The molecule has 3 aliphatic heterocycles. The summed E-state index contributed by atoms with van der Waals surface area (Å²) in [6.07, 6.45) is 1.61. The fourth-order valence-electron chi connectivity index (χ4n) is 7.56. The number of halogens is 3. The maximum absolute atomic E-state index is 14.4. The van der Waals surface area contributed by atoms with Crippen molar-refractivity contribution < 1.29 is 32.2 Å². The zero-order chi connectivity index (χ0) is 28.7. The minimum absolute atomic E-state index is 0.0162. The fourth-order valence-corrected chi connectivity index (χ4v) is 7.56. The van der Waals surface area contributed by atoms with Gasteiger partial charge in [-0.25, -0.2) is 0 Å². The number of likely N-dealkylation sites (tertiary alicyclic amines) is 1. The summed E-state index contributed by atoms with van der Waals surface area (Å²) in [5, 5.41) is 0. The van der Waals surface area contributed by atoms with Crippen LogP contribution in [0.2, 0.25) is 0 Å². The minimum atomic E-state index is -4.48. The second-order valence-electron chi connectivity index (χ2n) is 12.8. The van der Waals surface area contributed by atoms with Gasteiger partial charge in [-0.2, -0.15) is 13.2 Å². The second kappa shape index (κ2) is 11.6. The van der Waals surface area contributed by atoms with Gasteiger partial charge in [0, 0.05) is 64.6 Å². The number of fused-ring (bicyclic) bond motifs is 2. The number of methoxy groups -OCH3 is 1. The van der Waals surface area contributed by atoms with Crippen molar-refractivity contribution in [2.24, 2.45) is 29.1 Å². The molecule has 0 aromatic carbocycles. The first-order chi connectivity index (χ1) is 19.0. The summed E-state index contributed by atoms with van der Waals surface area (Å²) in [6.45, 7) is 7.01. The summed E-state index contributed by atoms with van der Waals surface area (Å²) in [5.74, 6) is 1.25. The first kappa shape index (κ1) is 29.3. The highest BCUT2D eigenvalue weighted by Gasteiger charge is 2.59. The van der Waals surface area contributed by atoms with Crippen LogP contribution in [0.1, 0.15) is 69.2 Å². The summed E-state index contributed by atoms with van der Waals surface area (Å²) < 4.78 is 51.4. The van der Waals surface area contributed by atoms with Gasteiger partial charge in [0.25, 0.3) is 0 Å². The Bertz CT molecular complexity index is 1100. The molecule has 222 valence electrons. The first-order valence-electron chi connectivity index (χ1n) is 14.7. The lowest BCUT2D eigenvalue weighted by molar-refractivity contribution is -0.144. The van der Waals surface area contributed by atoms with Crippen LogP contribution in [-0.4, -0.2) is 72.7 Å². The van der Waals surface area contributed by atoms with Crippen LogP contribution in [0.5, 0.6) is 0 Å². The Hall–Kier alpha value is -2.20. The van der Waals surface area contributed by atoms with Gasteiger partial charge in [0.2, 0.25) is 11.8 Å².